The first-order valence-electron chi connectivity index (χ1n) is 6.58. The molecule has 2 saturated heterocycles. The zero-order valence-electron chi connectivity index (χ0n) is 11.0. The molecule has 0 saturated carbocycles. The zero-order chi connectivity index (χ0) is 12.6. The van der Waals surface area contributed by atoms with Gasteiger partial charge in [0.2, 0.25) is 0 Å². The molecule has 2 aliphatic heterocycles. The van der Waals surface area contributed by atoms with Crippen LogP contribution in [0.2, 0.25) is 0 Å². The molecule has 0 aromatic rings. The molecule has 2 heterocycles. The molecule has 0 spiro atoms. The van der Waals surface area contributed by atoms with Crippen molar-refractivity contribution in [2.24, 2.45) is 5.92 Å². The first-order chi connectivity index (χ1) is 7.89. The molecule has 5 heteroatoms. The van der Waals surface area contributed by atoms with Gasteiger partial charge in [-0.15, -0.1) is 0 Å². The summed E-state index contributed by atoms with van der Waals surface area (Å²) in [4.78, 5) is 2.41. The van der Waals surface area contributed by atoms with Crippen LogP contribution < -0.4 is 5.32 Å². The van der Waals surface area contributed by atoms with Crippen LogP contribution in [0.5, 0.6) is 0 Å². The van der Waals surface area contributed by atoms with Crippen molar-refractivity contribution in [2.45, 2.75) is 45.3 Å². The van der Waals surface area contributed by atoms with Crippen LogP contribution in [0.15, 0.2) is 0 Å². The van der Waals surface area contributed by atoms with Gasteiger partial charge in [-0.1, -0.05) is 13.8 Å². The molecule has 3 unspecified atom stereocenters. The predicted octanol–water partition coefficient (Wildman–Crippen LogP) is 0.492. The van der Waals surface area contributed by atoms with E-state index in [0.717, 1.165) is 19.5 Å². The topological polar surface area (TPSA) is 49.4 Å². The van der Waals surface area contributed by atoms with E-state index >= 15 is 0 Å². The van der Waals surface area contributed by atoms with Crippen molar-refractivity contribution in [1.82, 2.24) is 10.2 Å². The Morgan fingerprint density at radius 1 is 1.35 bits per heavy atom. The molecule has 0 aromatic carbocycles. The molecule has 3 atom stereocenters. The maximum absolute atomic E-state index is 11.6. The quantitative estimate of drug-likeness (QED) is 0.785. The van der Waals surface area contributed by atoms with E-state index in [9.17, 15) is 8.42 Å². The fraction of sp³-hybridized carbons (Fsp3) is 1.00. The molecule has 2 fully saturated rings. The van der Waals surface area contributed by atoms with E-state index in [-0.39, 0.29) is 6.04 Å². The van der Waals surface area contributed by atoms with Crippen LogP contribution in [-0.4, -0.2) is 56.0 Å². The van der Waals surface area contributed by atoms with Gasteiger partial charge >= 0.3 is 0 Å². The Kier molecular flexibility index (Phi) is 3.80. The summed E-state index contributed by atoms with van der Waals surface area (Å²) >= 11 is 0. The molecule has 17 heavy (non-hydrogen) atoms. The molecule has 0 aromatic heterocycles. The molecular formula is C12H24N2O2S. The van der Waals surface area contributed by atoms with E-state index in [2.05, 4.69) is 31.0 Å². The standard InChI is InChI=1S/C12H24N2O2S/c1-9(2)12-7-14(10(3)6-13-12)11-4-5-17(15,16)8-11/h9-13H,4-8H2,1-3H3. The van der Waals surface area contributed by atoms with Crippen molar-refractivity contribution < 1.29 is 8.42 Å². The van der Waals surface area contributed by atoms with Crippen molar-refractivity contribution >= 4 is 9.84 Å². The molecule has 100 valence electrons. The van der Waals surface area contributed by atoms with Gasteiger partial charge in [0.05, 0.1) is 11.5 Å². The Hall–Kier alpha value is -0.130. The van der Waals surface area contributed by atoms with Gasteiger partial charge in [-0.3, -0.25) is 4.90 Å². The lowest BCUT2D eigenvalue weighted by Crippen LogP contribution is -2.60. The van der Waals surface area contributed by atoms with Gasteiger partial charge < -0.3 is 5.32 Å². The minimum absolute atomic E-state index is 0.248. The normalized spacial score (nSPS) is 38.7. The maximum Gasteiger partial charge on any atom is 0.151 e. The highest BCUT2D eigenvalue weighted by molar-refractivity contribution is 7.91. The SMILES string of the molecule is CC(C)C1CN(C2CCS(=O)(=O)C2)C(C)CN1. The highest BCUT2D eigenvalue weighted by Crippen LogP contribution is 2.23. The van der Waals surface area contributed by atoms with Crippen molar-refractivity contribution in [3.05, 3.63) is 0 Å². The van der Waals surface area contributed by atoms with Crippen molar-refractivity contribution in [2.75, 3.05) is 24.6 Å². The molecule has 0 bridgehead atoms. The molecule has 0 aliphatic carbocycles. The lowest BCUT2D eigenvalue weighted by atomic mass is 9.98. The van der Waals surface area contributed by atoms with Crippen molar-refractivity contribution in [3.8, 4) is 0 Å². The average Bonchev–Trinajstić information content (AvgIpc) is 2.59. The maximum atomic E-state index is 11.6. The van der Waals surface area contributed by atoms with E-state index in [1.54, 1.807) is 0 Å². The van der Waals surface area contributed by atoms with Gasteiger partial charge in [-0.05, 0) is 19.3 Å². The Labute approximate surface area is 105 Å². The highest BCUT2D eigenvalue weighted by atomic mass is 32.2. The number of sulfone groups is 1. The average molecular weight is 260 g/mol. The van der Waals surface area contributed by atoms with Gasteiger partial charge in [0.15, 0.2) is 9.84 Å². The van der Waals surface area contributed by atoms with Gasteiger partial charge in [0.1, 0.15) is 0 Å². The van der Waals surface area contributed by atoms with Gasteiger partial charge in [-0.2, -0.15) is 0 Å². The molecule has 0 amide bonds. The van der Waals surface area contributed by atoms with E-state index in [0.29, 0.717) is 29.5 Å². The summed E-state index contributed by atoms with van der Waals surface area (Å²) < 4.78 is 23.1. The Morgan fingerprint density at radius 3 is 2.59 bits per heavy atom. The number of nitrogens with one attached hydrogen (secondary N) is 1. The van der Waals surface area contributed by atoms with E-state index in [1.807, 2.05) is 0 Å². The monoisotopic (exact) mass is 260 g/mol. The zero-order valence-corrected chi connectivity index (χ0v) is 11.8. The van der Waals surface area contributed by atoms with Crippen LogP contribution in [0.3, 0.4) is 0 Å². The third-order valence-electron chi connectivity index (χ3n) is 4.13. The third-order valence-corrected chi connectivity index (χ3v) is 5.88. The smallest absolute Gasteiger partial charge is 0.151 e. The van der Waals surface area contributed by atoms with Crippen LogP contribution in [0, 0.1) is 5.92 Å². The molecule has 2 rings (SSSR count). The molecule has 2 aliphatic rings. The predicted molar refractivity (Wildman–Crippen MR) is 69.9 cm³/mol. The fourth-order valence-electron chi connectivity index (χ4n) is 2.90. The lowest BCUT2D eigenvalue weighted by Gasteiger charge is -2.43. The highest BCUT2D eigenvalue weighted by Gasteiger charge is 2.37. The molecular weight excluding hydrogens is 236 g/mol. The summed E-state index contributed by atoms with van der Waals surface area (Å²) in [5.41, 5.74) is 0. The number of nitrogens with zero attached hydrogens (tertiary/aromatic N) is 1. The minimum atomic E-state index is -2.77. The van der Waals surface area contributed by atoms with Crippen LogP contribution in [0.1, 0.15) is 27.2 Å². The summed E-state index contributed by atoms with van der Waals surface area (Å²) in [7, 11) is -2.77. The second-order valence-electron chi connectivity index (χ2n) is 5.86. The Balaban J connectivity index is 2.03. The van der Waals surface area contributed by atoms with E-state index < -0.39 is 9.84 Å². The van der Waals surface area contributed by atoms with Gasteiger partial charge in [-0.25, -0.2) is 8.42 Å². The molecule has 1 N–H and O–H groups in total. The summed E-state index contributed by atoms with van der Waals surface area (Å²) in [6.45, 7) is 8.58. The first-order valence-corrected chi connectivity index (χ1v) is 8.41. The fourth-order valence-corrected chi connectivity index (χ4v) is 4.65. The van der Waals surface area contributed by atoms with Crippen LogP contribution in [-0.2, 0) is 9.84 Å². The van der Waals surface area contributed by atoms with Crippen LogP contribution in [0.25, 0.3) is 0 Å². The summed E-state index contributed by atoms with van der Waals surface area (Å²) in [6.07, 6.45) is 0.817. The largest absolute Gasteiger partial charge is 0.311 e. The van der Waals surface area contributed by atoms with E-state index in [4.69, 9.17) is 0 Å². The van der Waals surface area contributed by atoms with Crippen LogP contribution >= 0.6 is 0 Å². The molecule has 0 radical (unpaired) electrons. The first kappa shape index (κ1) is 13.3. The summed E-state index contributed by atoms with van der Waals surface area (Å²) in [6, 6.07) is 1.19. The third kappa shape index (κ3) is 3.01. The van der Waals surface area contributed by atoms with Crippen molar-refractivity contribution in [3.63, 3.8) is 0 Å². The summed E-state index contributed by atoms with van der Waals surface area (Å²) in [5.74, 6) is 1.34. The van der Waals surface area contributed by atoms with Crippen molar-refractivity contribution in [1.29, 1.82) is 0 Å². The molecule has 4 nitrogen and oxygen atoms in total. The lowest BCUT2D eigenvalue weighted by molar-refractivity contribution is 0.0881. The van der Waals surface area contributed by atoms with E-state index in [1.165, 1.54) is 0 Å². The Bertz CT molecular complexity index is 367. The number of rotatable bonds is 2. The number of hydrogen-bond acceptors (Lipinski definition) is 4. The number of piperazine rings is 1. The second-order valence-corrected chi connectivity index (χ2v) is 8.09. The second kappa shape index (κ2) is 4.86. The van der Waals surface area contributed by atoms with Gasteiger partial charge in [0, 0.05) is 31.2 Å². The summed E-state index contributed by atoms with van der Waals surface area (Å²) in [5, 5.41) is 3.55. The Morgan fingerprint density at radius 2 is 2.06 bits per heavy atom. The van der Waals surface area contributed by atoms with Crippen LogP contribution in [0.4, 0.5) is 0 Å². The minimum Gasteiger partial charge on any atom is -0.311 e. The van der Waals surface area contributed by atoms with Gasteiger partial charge in [0.25, 0.3) is 0 Å². The number of hydrogen-bond donors (Lipinski definition) is 1.